The number of rotatable bonds is 10. The van der Waals surface area contributed by atoms with Crippen molar-refractivity contribution in [1.82, 2.24) is 10.2 Å². The van der Waals surface area contributed by atoms with Gasteiger partial charge in [-0.25, -0.2) is 9.59 Å². The van der Waals surface area contributed by atoms with Crippen LogP contribution in [-0.2, 0) is 14.2 Å². The third kappa shape index (κ3) is 5.74. The fourth-order valence-electron chi connectivity index (χ4n) is 3.64. The lowest BCUT2D eigenvalue weighted by Crippen LogP contribution is -2.38. The molecule has 1 aliphatic rings. The number of aliphatic hydroxyl groups excluding tert-OH is 1. The maximum atomic E-state index is 12.8. The smallest absolute Gasteiger partial charge is 0.409 e. The number of carbonyl (C=O) groups excluding carboxylic acids is 2. The molecule has 8 nitrogen and oxygen atoms in total. The van der Waals surface area contributed by atoms with Gasteiger partial charge < -0.3 is 29.5 Å². The van der Waals surface area contributed by atoms with E-state index in [0.29, 0.717) is 0 Å². The highest BCUT2D eigenvalue weighted by atomic mass is 16.6. The van der Waals surface area contributed by atoms with E-state index in [0.717, 1.165) is 22.3 Å². The summed E-state index contributed by atoms with van der Waals surface area (Å²) in [5, 5.41) is 11.2. The molecule has 0 saturated carbocycles. The van der Waals surface area contributed by atoms with Crippen LogP contribution in [0.3, 0.4) is 0 Å². The van der Waals surface area contributed by atoms with Crippen LogP contribution in [-0.4, -0.2) is 75.4 Å². The van der Waals surface area contributed by atoms with Crippen LogP contribution in [0.4, 0.5) is 9.59 Å². The van der Waals surface area contributed by atoms with Gasteiger partial charge in [0.1, 0.15) is 13.2 Å². The van der Waals surface area contributed by atoms with Gasteiger partial charge in [0, 0.05) is 19.5 Å². The molecule has 2 N–H and O–H groups in total. The standard InChI is InChI=1S/C23H28N2O6/c1-24-22(27)30-14-11-25(10-13-29-15-12-26)23(28)31-16-21-19-8-4-2-6-17(19)18-7-3-5-9-20(18)21/h2-9,21,26H,10-16H2,1H3,(H,24,27). The number of hydrogen-bond acceptors (Lipinski definition) is 6. The van der Waals surface area contributed by atoms with Gasteiger partial charge in [-0.1, -0.05) is 48.5 Å². The van der Waals surface area contributed by atoms with Gasteiger partial charge in [-0.2, -0.15) is 0 Å². The van der Waals surface area contributed by atoms with Crippen LogP contribution in [0.5, 0.6) is 0 Å². The van der Waals surface area contributed by atoms with Gasteiger partial charge in [-0.15, -0.1) is 0 Å². The molecule has 0 spiro atoms. The van der Waals surface area contributed by atoms with Crippen LogP contribution in [0.2, 0.25) is 0 Å². The summed E-state index contributed by atoms with van der Waals surface area (Å²) in [6.07, 6.45) is -1.07. The number of alkyl carbamates (subject to hydrolysis) is 1. The monoisotopic (exact) mass is 428 g/mol. The Labute approximate surface area is 181 Å². The Hall–Kier alpha value is -3.10. The summed E-state index contributed by atoms with van der Waals surface area (Å²) in [4.78, 5) is 25.5. The van der Waals surface area contributed by atoms with E-state index in [1.165, 1.54) is 11.9 Å². The quantitative estimate of drug-likeness (QED) is 0.565. The summed E-state index contributed by atoms with van der Waals surface area (Å²) in [5.74, 6) is -0.0361. The van der Waals surface area contributed by atoms with E-state index in [9.17, 15) is 9.59 Å². The van der Waals surface area contributed by atoms with Crippen LogP contribution in [0.15, 0.2) is 48.5 Å². The summed E-state index contributed by atoms with van der Waals surface area (Å²) in [6.45, 7) is 1.00. The first kappa shape index (κ1) is 22.6. The van der Waals surface area contributed by atoms with E-state index in [-0.39, 0.29) is 52.0 Å². The fraction of sp³-hybridized carbons (Fsp3) is 0.391. The number of amides is 2. The number of fused-ring (bicyclic) bond motifs is 3. The normalized spacial score (nSPS) is 12.1. The Morgan fingerprint density at radius 3 is 2.16 bits per heavy atom. The first-order valence-electron chi connectivity index (χ1n) is 10.3. The Bertz CT molecular complexity index is 842. The van der Waals surface area contributed by atoms with E-state index >= 15 is 0 Å². The number of carbonyl (C=O) groups is 2. The molecule has 2 aromatic rings. The molecule has 0 fully saturated rings. The predicted octanol–water partition coefficient (Wildman–Crippen LogP) is 2.60. The zero-order valence-electron chi connectivity index (χ0n) is 17.6. The average Bonchev–Trinajstić information content (AvgIpc) is 3.12. The van der Waals surface area contributed by atoms with Gasteiger partial charge >= 0.3 is 12.2 Å². The summed E-state index contributed by atoms with van der Waals surface area (Å²) in [6, 6.07) is 16.3. The second kappa shape index (κ2) is 11.3. The molecule has 0 bridgehead atoms. The molecule has 0 unspecified atom stereocenters. The molecule has 0 heterocycles. The van der Waals surface area contributed by atoms with Crippen LogP contribution in [0, 0.1) is 0 Å². The van der Waals surface area contributed by atoms with Gasteiger partial charge in [-0.05, 0) is 22.3 Å². The molecule has 0 saturated heterocycles. The van der Waals surface area contributed by atoms with Gasteiger partial charge in [0.15, 0.2) is 0 Å². The SMILES string of the molecule is CNC(=O)OCCN(CCOCCO)C(=O)OCC1c2ccccc2-c2ccccc21. The predicted molar refractivity (Wildman–Crippen MR) is 115 cm³/mol. The molecule has 2 aromatic carbocycles. The van der Waals surface area contributed by atoms with Crippen LogP contribution in [0.1, 0.15) is 17.0 Å². The molecular formula is C23H28N2O6. The molecule has 1 aliphatic carbocycles. The number of nitrogens with zero attached hydrogens (tertiary/aromatic N) is 1. The Balaban J connectivity index is 1.63. The molecule has 166 valence electrons. The topological polar surface area (TPSA) is 97.3 Å². The van der Waals surface area contributed by atoms with Crippen molar-refractivity contribution in [3.8, 4) is 11.1 Å². The largest absolute Gasteiger partial charge is 0.448 e. The summed E-state index contributed by atoms with van der Waals surface area (Å²) in [7, 11) is 1.47. The molecular weight excluding hydrogens is 400 g/mol. The third-order valence-corrected chi connectivity index (χ3v) is 5.13. The van der Waals surface area contributed by atoms with Crippen molar-refractivity contribution in [2.75, 3.05) is 53.2 Å². The van der Waals surface area contributed by atoms with Crippen molar-refractivity contribution in [2.45, 2.75) is 5.92 Å². The summed E-state index contributed by atoms with van der Waals surface area (Å²) in [5.41, 5.74) is 4.59. The van der Waals surface area contributed by atoms with Crippen LogP contribution in [0.25, 0.3) is 11.1 Å². The zero-order chi connectivity index (χ0) is 22.1. The van der Waals surface area contributed by atoms with E-state index in [1.807, 2.05) is 24.3 Å². The zero-order valence-corrected chi connectivity index (χ0v) is 17.6. The highest BCUT2D eigenvalue weighted by Gasteiger charge is 2.29. The molecule has 0 aliphatic heterocycles. The van der Waals surface area contributed by atoms with Gasteiger partial charge in [0.2, 0.25) is 0 Å². The minimum Gasteiger partial charge on any atom is -0.448 e. The maximum Gasteiger partial charge on any atom is 0.409 e. The maximum absolute atomic E-state index is 12.8. The second-order valence-electron chi connectivity index (χ2n) is 7.01. The Morgan fingerprint density at radius 1 is 0.935 bits per heavy atom. The second-order valence-corrected chi connectivity index (χ2v) is 7.01. The van der Waals surface area contributed by atoms with E-state index in [4.69, 9.17) is 19.3 Å². The van der Waals surface area contributed by atoms with Crippen molar-refractivity contribution in [3.05, 3.63) is 59.7 Å². The summed E-state index contributed by atoms with van der Waals surface area (Å²) < 4.78 is 15.9. The highest BCUT2D eigenvalue weighted by molar-refractivity contribution is 5.79. The lowest BCUT2D eigenvalue weighted by Gasteiger charge is -2.23. The number of nitrogens with one attached hydrogen (secondary N) is 1. The Morgan fingerprint density at radius 2 is 1.55 bits per heavy atom. The van der Waals surface area contributed by atoms with Gasteiger partial charge in [0.25, 0.3) is 0 Å². The van der Waals surface area contributed by atoms with Crippen molar-refractivity contribution in [2.24, 2.45) is 0 Å². The highest BCUT2D eigenvalue weighted by Crippen LogP contribution is 2.44. The summed E-state index contributed by atoms with van der Waals surface area (Å²) >= 11 is 0. The fourth-order valence-corrected chi connectivity index (χ4v) is 3.64. The molecule has 0 radical (unpaired) electrons. The van der Waals surface area contributed by atoms with Crippen molar-refractivity contribution in [1.29, 1.82) is 0 Å². The molecule has 31 heavy (non-hydrogen) atoms. The minimum absolute atomic E-state index is 0.0316. The van der Waals surface area contributed by atoms with E-state index in [2.05, 4.69) is 29.6 Å². The van der Waals surface area contributed by atoms with Crippen molar-refractivity contribution < 1.29 is 28.9 Å². The lowest BCUT2D eigenvalue weighted by molar-refractivity contribution is 0.0529. The van der Waals surface area contributed by atoms with E-state index < -0.39 is 12.2 Å². The van der Waals surface area contributed by atoms with Crippen molar-refractivity contribution in [3.63, 3.8) is 0 Å². The number of benzene rings is 2. The third-order valence-electron chi connectivity index (χ3n) is 5.13. The van der Waals surface area contributed by atoms with Gasteiger partial charge in [-0.3, -0.25) is 0 Å². The average molecular weight is 428 g/mol. The van der Waals surface area contributed by atoms with Gasteiger partial charge in [0.05, 0.1) is 26.4 Å². The molecule has 2 amide bonds. The van der Waals surface area contributed by atoms with Crippen LogP contribution < -0.4 is 5.32 Å². The molecule has 8 heteroatoms. The first-order chi connectivity index (χ1) is 15.2. The van der Waals surface area contributed by atoms with Crippen molar-refractivity contribution >= 4 is 12.2 Å². The molecule has 0 atom stereocenters. The number of ether oxygens (including phenoxy) is 3. The number of hydrogen-bond donors (Lipinski definition) is 2. The number of aliphatic hydroxyl groups is 1. The van der Waals surface area contributed by atoms with Crippen LogP contribution >= 0.6 is 0 Å². The molecule has 3 rings (SSSR count). The minimum atomic E-state index is -0.566. The lowest BCUT2D eigenvalue weighted by atomic mass is 9.98. The molecule has 0 aromatic heterocycles. The Kier molecular flexibility index (Phi) is 8.26. The van der Waals surface area contributed by atoms with E-state index in [1.54, 1.807) is 0 Å². The first-order valence-corrected chi connectivity index (χ1v) is 10.3.